The Balaban J connectivity index is 2.13. The van der Waals surface area contributed by atoms with Crippen molar-refractivity contribution in [3.05, 3.63) is 61.3 Å². The fourth-order valence-corrected chi connectivity index (χ4v) is 4.90. The number of hydrogen-bond acceptors (Lipinski definition) is 4. The zero-order chi connectivity index (χ0) is 15.6. The van der Waals surface area contributed by atoms with Gasteiger partial charge in [-0.15, -0.1) is 0 Å². The first-order chi connectivity index (χ1) is 10.6. The van der Waals surface area contributed by atoms with Crippen LogP contribution in [-0.4, -0.2) is 13.4 Å². The van der Waals surface area contributed by atoms with Crippen LogP contribution >= 0.6 is 20.7 Å². The first kappa shape index (κ1) is 14.9. The summed E-state index contributed by atoms with van der Waals surface area (Å²) < 4.78 is 28.9. The molecule has 3 rings (SSSR count). The van der Waals surface area contributed by atoms with Crippen molar-refractivity contribution in [1.29, 1.82) is 5.26 Å². The van der Waals surface area contributed by atoms with Crippen LogP contribution in [0.1, 0.15) is 0 Å². The van der Waals surface area contributed by atoms with E-state index in [2.05, 4.69) is 9.07 Å². The van der Waals surface area contributed by atoms with Crippen molar-refractivity contribution >= 4 is 42.5 Å². The number of benzene rings is 1. The molecule has 5 nitrogen and oxygen atoms in total. The summed E-state index contributed by atoms with van der Waals surface area (Å²) in [6, 6.07) is 9.58. The monoisotopic (exact) mass is 423 g/mol. The van der Waals surface area contributed by atoms with Crippen LogP contribution in [0.4, 0.5) is 5.69 Å². The summed E-state index contributed by atoms with van der Waals surface area (Å²) in [6.07, 6.45) is 6.99. The van der Waals surface area contributed by atoms with Gasteiger partial charge < -0.3 is 0 Å². The van der Waals surface area contributed by atoms with Crippen LogP contribution in [0.25, 0.3) is 6.08 Å². The molecule has 0 spiro atoms. The Bertz CT molecular complexity index is 1010. The van der Waals surface area contributed by atoms with E-state index in [9.17, 15) is 13.7 Å². The van der Waals surface area contributed by atoms with Gasteiger partial charge in [0, 0.05) is 5.22 Å². The number of rotatable bonds is 3. The highest BCUT2D eigenvalue weighted by molar-refractivity contribution is 14.2. The van der Waals surface area contributed by atoms with Crippen molar-refractivity contribution in [3.63, 3.8) is 0 Å². The zero-order valence-corrected chi connectivity index (χ0v) is 14.2. The molecule has 110 valence electrons. The van der Waals surface area contributed by atoms with Crippen LogP contribution in [0.2, 0.25) is 0 Å². The molecule has 2 heterocycles. The van der Waals surface area contributed by atoms with Gasteiger partial charge in [-0.2, -0.15) is 18.0 Å². The molecule has 1 aliphatic rings. The van der Waals surface area contributed by atoms with Gasteiger partial charge in [0.15, 0.2) is 6.19 Å². The SMILES string of the molecule is N#CN(c1cnc2c(c1)=CC=CI=2)S(=O)(=O)c1ccccc1. The quantitative estimate of drug-likeness (QED) is 0.432. The van der Waals surface area contributed by atoms with Gasteiger partial charge in [0.1, 0.15) is 3.28 Å². The highest BCUT2D eigenvalue weighted by Gasteiger charge is 2.25. The molecule has 1 aromatic heterocycles. The summed E-state index contributed by atoms with van der Waals surface area (Å²) >= 11 is -0.289. The Hall–Kier alpha value is -2.05. The second-order valence-electron chi connectivity index (χ2n) is 4.35. The highest BCUT2D eigenvalue weighted by Crippen LogP contribution is 2.21. The Kier molecular flexibility index (Phi) is 4.04. The summed E-state index contributed by atoms with van der Waals surface area (Å²) in [6.45, 7) is 0. The van der Waals surface area contributed by atoms with Crippen molar-refractivity contribution in [3.8, 4) is 6.19 Å². The molecule has 2 aromatic rings. The standard InChI is InChI=1S/C15H10IN3O2S/c17-11-19(22(20,21)14-6-2-1-3-7-14)13-9-12-5-4-8-16-15(12)18-10-13/h1-10H. The summed E-state index contributed by atoms with van der Waals surface area (Å²) in [5.74, 6) is 0. The van der Waals surface area contributed by atoms with Gasteiger partial charge >= 0.3 is 0 Å². The molecule has 0 N–H and O–H groups in total. The van der Waals surface area contributed by atoms with E-state index in [0.29, 0.717) is 4.31 Å². The number of allylic oxidation sites excluding steroid dienone is 1. The number of halogens is 1. The minimum Gasteiger partial charge on any atom is -0.248 e. The number of nitrogens with zero attached hydrogens (tertiary/aromatic N) is 3. The minimum atomic E-state index is -3.92. The van der Waals surface area contributed by atoms with E-state index >= 15 is 0 Å². The van der Waals surface area contributed by atoms with Crippen LogP contribution in [0.3, 0.4) is 0 Å². The number of sulfonamides is 1. The molecular weight excluding hydrogens is 413 g/mol. The summed E-state index contributed by atoms with van der Waals surface area (Å²) in [5, 5.41) is 10.2. The van der Waals surface area contributed by atoms with Crippen molar-refractivity contribution in [2.24, 2.45) is 0 Å². The molecule has 0 aliphatic carbocycles. The van der Waals surface area contributed by atoms with Gasteiger partial charge in [0.05, 0.1) is 16.8 Å². The molecule has 0 bridgehead atoms. The van der Waals surface area contributed by atoms with E-state index in [-0.39, 0.29) is 31.3 Å². The first-order valence-corrected chi connectivity index (χ1v) is 10.0. The van der Waals surface area contributed by atoms with Crippen LogP contribution < -0.4 is 9.52 Å². The molecule has 0 atom stereocenters. The summed E-state index contributed by atoms with van der Waals surface area (Å²) in [7, 11) is -3.92. The molecule has 1 aromatic carbocycles. The Morgan fingerprint density at radius 3 is 2.73 bits per heavy atom. The van der Waals surface area contributed by atoms with Crippen molar-refractivity contribution in [2.45, 2.75) is 4.90 Å². The average molecular weight is 423 g/mol. The van der Waals surface area contributed by atoms with Crippen molar-refractivity contribution in [1.82, 2.24) is 4.98 Å². The smallest absolute Gasteiger partial charge is 0.248 e. The van der Waals surface area contributed by atoms with Gasteiger partial charge in [-0.1, -0.05) is 51.1 Å². The zero-order valence-electron chi connectivity index (χ0n) is 11.2. The lowest BCUT2D eigenvalue weighted by Gasteiger charge is -2.15. The largest absolute Gasteiger partial charge is 0.276 e. The molecule has 0 radical (unpaired) electrons. The Morgan fingerprint density at radius 2 is 2.00 bits per heavy atom. The van der Waals surface area contributed by atoms with Gasteiger partial charge in [-0.3, -0.25) is 0 Å². The average Bonchev–Trinajstić information content (AvgIpc) is 2.56. The van der Waals surface area contributed by atoms with Crippen molar-refractivity contribution < 1.29 is 8.42 Å². The maximum atomic E-state index is 12.6. The van der Waals surface area contributed by atoms with Crippen molar-refractivity contribution in [2.75, 3.05) is 4.31 Å². The first-order valence-electron chi connectivity index (χ1n) is 6.26. The highest BCUT2D eigenvalue weighted by atomic mass is 127. The fourth-order valence-electron chi connectivity index (χ4n) is 1.96. The molecule has 0 fully saturated rings. The number of hydrogen-bond donors (Lipinski definition) is 0. The maximum absolute atomic E-state index is 12.6. The van der Waals surface area contributed by atoms with Gasteiger partial charge in [-0.05, 0) is 22.3 Å². The van der Waals surface area contributed by atoms with E-state index in [0.717, 1.165) is 8.50 Å². The fraction of sp³-hybridized carbons (Fsp3) is 0. The van der Waals surface area contributed by atoms with E-state index in [4.69, 9.17) is 0 Å². The minimum absolute atomic E-state index is 0.0746. The topological polar surface area (TPSA) is 74.1 Å². The number of nitriles is 1. The van der Waals surface area contributed by atoms with Crippen LogP contribution in [0, 0.1) is 14.7 Å². The van der Waals surface area contributed by atoms with E-state index in [1.54, 1.807) is 30.5 Å². The van der Waals surface area contributed by atoms with E-state index < -0.39 is 10.0 Å². The lowest BCUT2D eigenvalue weighted by Crippen LogP contribution is -2.27. The number of anilines is 1. The molecule has 7 heteroatoms. The second kappa shape index (κ2) is 5.98. The molecule has 1 aliphatic heterocycles. The third-order valence-electron chi connectivity index (χ3n) is 2.97. The third kappa shape index (κ3) is 2.67. The normalized spacial score (nSPS) is 12.9. The second-order valence-corrected chi connectivity index (χ2v) is 8.50. The number of fused-ring (bicyclic) bond motifs is 1. The Morgan fingerprint density at radius 1 is 1.23 bits per heavy atom. The molecule has 0 saturated carbocycles. The van der Waals surface area contributed by atoms with E-state index in [1.165, 1.54) is 18.3 Å². The van der Waals surface area contributed by atoms with Gasteiger partial charge in [0.2, 0.25) is 0 Å². The summed E-state index contributed by atoms with van der Waals surface area (Å²) in [5.41, 5.74) is 0.251. The molecule has 0 amide bonds. The number of aromatic nitrogens is 1. The van der Waals surface area contributed by atoms with Gasteiger partial charge in [0.25, 0.3) is 10.0 Å². The van der Waals surface area contributed by atoms with E-state index in [1.807, 2.05) is 12.2 Å². The third-order valence-corrected chi connectivity index (χ3v) is 6.88. The molecular formula is C15H10IN3O2S. The maximum Gasteiger partial charge on any atom is 0.276 e. The van der Waals surface area contributed by atoms with Crippen LogP contribution in [0.5, 0.6) is 0 Å². The predicted molar refractivity (Wildman–Crippen MR) is 92.0 cm³/mol. The molecule has 22 heavy (non-hydrogen) atoms. The molecule has 0 saturated heterocycles. The Labute approximate surface area is 137 Å². The lowest BCUT2D eigenvalue weighted by atomic mass is 10.3. The molecule has 0 unspecified atom stereocenters. The van der Waals surface area contributed by atoms with Crippen LogP contribution in [-0.2, 0) is 10.0 Å². The summed E-state index contributed by atoms with van der Waals surface area (Å²) in [4.78, 5) is 4.38. The number of pyridine rings is 1. The van der Waals surface area contributed by atoms with Gasteiger partial charge in [-0.25, -0.2) is 4.98 Å². The lowest BCUT2D eigenvalue weighted by molar-refractivity contribution is 0.596. The predicted octanol–water partition coefficient (Wildman–Crippen LogP) is 2.29. The van der Waals surface area contributed by atoms with Crippen LogP contribution in [0.15, 0.2) is 57.6 Å².